The number of nitrogens with one attached hydrogen (secondary N) is 1. The van der Waals surface area contributed by atoms with Crippen molar-refractivity contribution in [1.29, 1.82) is 5.26 Å². The summed E-state index contributed by atoms with van der Waals surface area (Å²) in [5.41, 5.74) is 4.30. The average Bonchev–Trinajstić information content (AvgIpc) is 3.50. The highest BCUT2D eigenvalue weighted by Gasteiger charge is 2.60. The monoisotopic (exact) mass is 664 g/mol. The molecule has 0 aromatic heterocycles. The van der Waals surface area contributed by atoms with Crippen molar-refractivity contribution in [2.24, 2.45) is 0 Å². The van der Waals surface area contributed by atoms with Gasteiger partial charge in [-0.3, -0.25) is 19.4 Å². The summed E-state index contributed by atoms with van der Waals surface area (Å²) in [5.74, 6) is 0.248. The number of likely N-dealkylation sites (N-methyl/N-ethyl adjacent to an activating group) is 1. The van der Waals surface area contributed by atoms with E-state index in [9.17, 15) is 24.8 Å². The van der Waals surface area contributed by atoms with Gasteiger partial charge in [0.25, 0.3) is 0 Å². The maximum atomic E-state index is 13.4. The van der Waals surface area contributed by atoms with E-state index in [1.807, 2.05) is 20.0 Å². The number of hydrogen-bond donors (Lipinski definition) is 2. The average molecular weight is 665 g/mol. The summed E-state index contributed by atoms with van der Waals surface area (Å²) in [6.07, 6.45) is 0.494. The molecule has 2 aromatic carbocycles. The van der Waals surface area contributed by atoms with Crippen molar-refractivity contribution >= 4 is 29.6 Å². The van der Waals surface area contributed by atoms with Crippen LogP contribution in [0.2, 0.25) is 0 Å². The zero-order chi connectivity index (χ0) is 33.5. The maximum absolute atomic E-state index is 13.4. The van der Waals surface area contributed by atoms with Crippen LogP contribution in [-0.2, 0) is 25.5 Å². The van der Waals surface area contributed by atoms with Crippen molar-refractivity contribution in [3.05, 3.63) is 39.4 Å². The number of methoxy groups -OCH3 is 1. The molecule has 2 fully saturated rings. The second kappa shape index (κ2) is 11.5. The summed E-state index contributed by atoms with van der Waals surface area (Å²) in [6.45, 7) is 6.13. The van der Waals surface area contributed by atoms with E-state index in [0.717, 1.165) is 11.1 Å². The molecule has 1 unspecified atom stereocenters. The first-order valence-electron chi connectivity index (χ1n) is 15.5. The number of phenolic OH excluding ortho intramolecular Hbond substituents is 1. The molecule has 2 N–H and O–H groups in total. The normalized spacial score (nSPS) is 29.0. The molecule has 2 aromatic rings. The fourth-order valence-corrected chi connectivity index (χ4v) is 9.82. The first kappa shape index (κ1) is 31.4. The van der Waals surface area contributed by atoms with Gasteiger partial charge in [0.15, 0.2) is 23.0 Å². The van der Waals surface area contributed by atoms with Gasteiger partial charge < -0.3 is 34.1 Å². The van der Waals surface area contributed by atoms with E-state index in [2.05, 4.69) is 21.2 Å². The van der Waals surface area contributed by atoms with E-state index in [1.54, 1.807) is 6.92 Å². The van der Waals surface area contributed by atoms with Gasteiger partial charge in [0.2, 0.25) is 12.7 Å². The zero-order valence-corrected chi connectivity index (χ0v) is 27.7. The van der Waals surface area contributed by atoms with Crippen molar-refractivity contribution < 1.29 is 43.2 Å². The number of carbonyl (C=O) groups excluding carboxylic acids is 3. The van der Waals surface area contributed by atoms with Crippen LogP contribution in [0.1, 0.15) is 64.6 Å². The summed E-state index contributed by atoms with van der Waals surface area (Å²) in [5, 5.41) is 24.9. The lowest BCUT2D eigenvalue weighted by molar-refractivity contribution is -0.152. The second-order valence-electron chi connectivity index (χ2n) is 12.6. The van der Waals surface area contributed by atoms with Crippen LogP contribution >= 0.6 is 11.8 Å². The van der Waals surface area contributed by atoms with Gasteiger partial charge >= 0.3 is 11.9 Å². The molecule has 0 saturated carbocycles. The number of ether oxygens (including phenoxy) is 5. The molecule has 5 aliphatic heterocycles. The summed E-state index contributed by atoms with van der Waals surface area (Å²) in [6, 6.07) is 1.02. The van der Waals surface area contributed by atoms with Crippen LogP contribution in [0.4, 0.5) is 0 Å². The number of rotatable bonds is 3. The number of nitrogens with zero attached hydrogens (tertiary/aromatic N) is 3. The Hall–Kier alpha value is -4.19. The Kier molecular flexibility index (Phi) is 7.69. The number of amides is 1. The number of cyclic esters (lactones) is 1. The fraction of sp³-hybridized carbons (Fsp3) is 0.515. The van der Waals surface area contributed by atoms with E-state index < -0.39 is 47.4 Å². The predicted octanol–water partition coefficient (Wildman–Crippen LogP) is 2.74. The maximum Gasteiger partial charge on any atom is 0.329 e. The summed E-state index contributed by atoms with van der Waals surface area (Å²) >= 11 is 1.39. The fourth-order valence-electron chi connectivity index (χ4n) is 8.31. The van der Waals surface area contributed by atoms with Crippen molar-refractivity contribution in [3.8, 4) is 34.8 Å². The molecule has 47 heavy (non-hydrogen) atoms. The Morgan fingerprint density at radius 1 is 1.13 bits per heavy atom. The molecule has 14 heteroatoms. The van der Waals surface area contributed by atoms with Gasteiger partial charge in [0.1, 0.15) is 24.4 Å². The molecule has 0 spiro atoms. The third kappa shape index (κ3) is 4.62. The predicted molar refractivity (Wildman–Crippen MR) is 168 cm³/mol. The number of piperazine rings is 1. The number of phenols is 1. The third-order valence-electron chi connectivity index (χ3n) is 10.0. The lowest BCUT2D eigenvalue weighted by Gasteiger charge is -2.61. The minimum Gasteiger partial charge on any atom is -0.504 e. The Morgan fingerprint density at radius 2 is 1.87 bits per heavy atom. The highest BCUT2D eigenvalue weighted by molar-refractivity contribution is 7.99. The molecule has 0 aliphatic carbocycles. The van der Waals surface area contributed by atoms with Crippen LogP contribution in [0.5, 0.6) is 28.7 Å². The van der Waals surface area contributed by atoms with Crippen molar-refractivity contribution in [1.82, 2.24) is 15.1 Å². The molecule has 13 nitrogen and oxygen atoms in total. The smallest absolute Gasteiger partial charge is 0.329 e. The van der Waals surface area contributed by atoms with E-state index >= 15 is 0 Å². The van der Waals surface area contributed by atoms with Gasteiger partial charge in [-0.2, -0.15) is 5.26 Å². The first-order chi connectivity index (χ1) is 22.5. The summed E-state index contributed by atoms with van der Waals surface area (Å²) in [7, 11) is 3.48. The molecular formula is C33H36N4O9S. The number of hydrogen-bond acceptors (Lipinski definition) is 13. The molecule has 5 aliphatic rings. The highest BCUT2D eigenvalue weighted by Crippen LogP contribution is 2.64. The largest absolute Gasteiger partial charge is 0.504 e. The second-order valence-corrected chi connectivity index (χ2v) is 13.8. The number of carbonyl (C=O) groups is 3. The van der Waals surface area contributed by atoms with Gasteiger partial charge in [-0.15, -0.1) is 11.8 Å². The Balaban J connectivity index is 1.54. The number of nitriles is 1. The van der Waals surface area contributed by atoms with E-state index in [-0.39, 0.29) is 36.9 Å². The molecule has 248 valence electrons. The van der Waals surface area contributed by atoms with Gasteiger partial charge in [-0.05, 0) is 38.4 Å². The Bertz CT molecular complexity index is 1760. The van der Waals surface area contributed by atoms with Gasteiger partial charge in [0.05, 0.1) is 30.5 Å². The molecule has 7 rings (SSSR count). The summed E-state index contributed by atoms with van der Waals surface area (Å²) in [4.78, 5) is 42.5. The molecule has 4 bridgehead atoms. The molecule has 5 heterocycles. The van der Waals surface area contributed by atoms with Crippen LogP contribution in [0.25, 0.3) is 0 Å². The van der Waals surface area contributed by atoms with E-state index in [0.29, 0.717) is 51.7 Å². The molecule has 2 saturated heterocycles. The number of fused-ring (bicyclic) bond motifs is 9. The number of aryl methyl sites for hydroxylation is 1. The third-order valence-corrected chi connectivity index (χ3v) is 11.4. The molecule has 0 radical (unpaired) electrons. The first-order valence-corrected chi connectivity index (χ1v) is 16.5. The number of thioether (sulfide) groups is 1. The number of aromatic hydroxyl groups is 1. The van der Waals surface area contributed by atoms with E-state index in [4.69, 9.17) is 23.7 Å². The number of benzene rings is 2. The van der Waals surface area contributed by atoms with Gasteiger partial charge in [-0.1, -0.05) is 6.07 Å². The topological polar surface area (TPSA) is 160 Å². The van der Waals surface area contributed by atoms with E-state index in [1.165, 1.54) is 32.7 Å². The van der Waals surface area contributed by atoms with Crippen LogP contribution in [-0.4, -0.2) is 90.2 Å². The quantitative estimate of drug-likeness (QED) is 0.365. The molecular weight excluding hydrogens is 628 g/mol. The van der Waals surface area contributed by atoms with Crippen LogP contribution in [0, 0.1) is 25.2 Å². The molecule has 1 amide bonds. The lowest BCUT2D eigenvalue weighted by Crippen LogP contribution is -2.69. The van der Waals surface area contributed by atoms with Crippen molar-refractivity contribution in [2.75, 3.05) is 33.3 Å². The van der Waals surface area contributed by atoms with Crippen molar-refractivity contribution in [3.63, 3.8) is 0 Å². The van der Waals surface area contributed by atoms with Crippen LogP contribution in [0.3, 0.4) is 0 Å². The van der Waals surface area contributed by atoms with Gasteiger partial charge in [0, 0.05) is 53.9 Å². The zero-order valence-electron chi connectivity index (χ0n) is 26.9. The van der Waals surface area contributed by atoms with Crippen LogP contribution in [0.15, 0.2) is 6.07 Å². The summed E-state index contributed by atoms with van der Waals surface area (Å²) < 4.78 is 29.6. The lowest BCUT2D eigenvalue weighted by atomic mass is 9.71. The minimum absolute atomic E-state index is 0.0379. The molecule has 7 atom stereocenters. The van der Waals surface area contributed by atoms with Crippen LogP contribution < -0.4 is 24.3 Å². The minimum atomic E-state index is -0.948. The standard InChI is InChI=1S/C33H36N4O9S/c1-13-7-17-8-19-20(9-34)37-21-10-43-33(41)18(35-15(3)38)11-47-32(26(37)25(36(19)5)22(17)27(40)28(13)42-6)24-23(21)31-30(44-12-45-31)14(2)29(24)46-16(4)39/h7,18-21,25-26,32,40H,8,10-12H2,1-6H3,(H,35,38)/t18-,19+,20+,21+,25-,26?,32-/m1/s1. The Labute approximate surface area is 276 Å². The SMILES string of the molecule is COc1c(C)cc2c(c1O)[C@@H]1C3[C@@H]4SC[C@@H](NC(C)=O)C(=O)OC[C@@H](c5c6c(c(C)c(OC(C)=O)c54)OCO6)N3[C@@H](C#N)[C@H](C2)N1C. The van der Waals surface area contributed by atoms with Crippen molar-refractivity contribution in [2.45, 2.75) is 75.6 Å². The Morgan fingerprint density at radius 3 is 2.55 bits per heavy atom. The highest BCUT2D eigenvalue weighted by atomic mass is 32.2. The number of esters is 2. The van der Waals surface area contributed by atoms with Gasteiger partial charge in [-0.25, -0.2) is 4.79 Å².